The molecule has 2 aromatic heterocycles. The number of rotatable bonds is 7. The second kappa shape index (κ2) is 9.73. The summed E-state index contributed by atoms with van der Waals surface area (Å²) in [5.74, 6) is 1.86. The van der Waals surface area contributed by atoms with Crippen molar-refractivity contribution < 1.29 is 4.74 Å². The largest absolute Gasteiger partial charge is 0.492 e. The molecule has 2 aliphatic rings. The number of hydrogen-bond donors (Lipinski definition) is 1. The number of benzene rings is 1. The van der Waals surface area contributed by atoms with Crippen LogP contribution in [0.3, 0.4) is 0 Å². The zero-order valence-corrected chi connectivity index (χ0v) is 20.2. The van der Waals surface area contributed by atoms with E-state index < -0.39 is 0 Å². The number of piperazine rings is 1. The van der Waals surface area contributed by atoms with Crippen molar-refractivity contribution in [1.82, 2.24) is 25.1 Å². The average molecular weight is 470 g/mol. The zero-order chi connectivity index (χ0) is 22.8. The van der Waals surface area contributed by atoms with Gasteiger partial charge >= 0.3 is 0 Å². The number of nitrogens with zero attached hydrogens (tertiary/aromatic N) is 6. The van der Waals surface area contributed by atoms with Gasteiger partial charge in [0.2, 0.25) is 0 Å². The van der Waals surface area contributed by atoms with Crippen LogP contribution in [0.4, 0.5) is 11.5 Å². The molecule has 0 spiro atoms. The first-order chi connectivity index (χ1) is 16.1. The molecule has 176 valence electrons. The summed E-state index contributed by atoms with van der Waals surface area (Å²) >= 11 is 6.50. The molecule has 4 heterocycles. The summed E-state index contributed by atoms with van der Waals surface area (Å²) in [6, 6.07) is 4.01. The number of aromatic nitrogens is 4. The van der Waals surface area contributed by atoms with Gasteiger partial charge in [-0.3, -0.25) is 10.00 Å². The molecule has 5 rings (SSSR count). The number of nitrogens with one attached hydrogen (secondary N) is 1. The van der Waals surface area contributed by atoms with E-state index in [1.54, 1.807) is 6.33 Å². The first-order valence-electron chi connectivity index (χ1n) is 12.0. The van der Waals surface area contributed by atoms with Crippen LogP contribution in [0.5, 0.6) is 5.75 Å². The number of anilines is 2. The van der Waals surface area contributed by atoms with Gasteiger partial charge in [-0.1, -0.05) is 18.5 Å². The molecule has 8 nitrogen and oxygen atoms in total. The lowest BCUT2D eigenvalue weighted by Gasteiger charge is -2.37. The van der Waals surface area contributed by atoms with Crippen molar-refractivity contribution in [3.63, 3.8) is 0 Å². The molecule has 0 atom stereocenters. The lowest BCUT2D eigenvalue weighted by Crippen LogP contribution is -2.47. The Morgan fingerprint density at radius 2 is 1.79 bits per heavy atom. The van der Waals surface area contributed by atoms with E-state index in [9.17, 15) is 0 Å². The Morgan fingerprint density at radius 3 is 2.55 bits per heavy atom. The highest BCUT2D eigenvalue weighted by molar-refractivity contribution is 6.31. The normalized spacial score (nSPS) is 17.3. The van der Waals surface area contributed by atoms with Gasteiger partial charge in [0, 0.05) is 49.0 Å². The lowest BCUT2D eigenvalue weighted by molar-refractivity contribution is 0.237. The standard InChI is InChI=1S/C24H32ClN7O/c1-3-19-22-23(29-28-19)26-16-27-24(22)32-10-8-31(9-11-32)20-14-18(25)15-21(17(20)2)33-13-12-30-6-4-5-7-30/h14-16H,3-13H2,1-2H3,(H,26,27,28,29). The van der Waals surface area contributed by atoms with Crippen LogP contribution < -0.4 is 14.5 Å². The van der Waals surface area contributed by atoms with Crippen molar-refractivity contribution in [3.05, 3.63) is 34.7 Å². The third kappa shape index (κ3) is 4.59. The maximum absolute atomic E-state index is 6.50. The van der Waals surface area contributed by atoms with Crippen LogP contribution in [0.15, 0.2) is 18.5 Å². The van der Waals surface area contributed by atoms with E-state index >= 15 is 0 Å². The monoisotopic (exact) mass is 469 g/mol. The van der Waals surface area contributed by atoms with Gasteiger partial charge in [0.15, 0.2) is 5.65 Å². The fraction of sp³-hybridized carbons (Fsp3) is 0.542. The number of likely N-dealkylation sites (tertiary alicyclic amines) is 1. The fourth-order valence-corrected chi connectivity index (χ4v) is 5.17. The molecule has 2 saturated heterocycles. The van der Waals surface area contributed by atoms with Crippen LogP contribution in [-0.2, 0) is 6.42 Å². The van der Waals surface area contributed by atoms with Crippen molar-refractivity contribution in [2.24, 2.45) is 0 Å². The molecule has 2 aliphatic heterocycles. The van der Waals surface area contributed by atoms with Gasteiger partial charge in [0.1, 0.15) is 24.5 Å². The van der Waals surface area contributed by atoms with Crippen molar-refractivity contribution in [3.8, 4) is 5.75 Å². The summed E-state index contributed by atoms with van der Waals surface area (Å²) in [4.78, 5) is 16.2. The molecule has 0 radical (unpaired) electrons. The van der Waals surface area contributed by atoms with Crippen molar-refractivity contribution in [2.45, 2.75) is 33.1 Å². The third-order valence-electron chi connectivity index (χ3n) is 6.83. The molecular weight excluding hydrogens is 438 g/mol. The summed E-state index contributed by atoms with van der Waals surface area (Å²) < 4.78 is 6.18. The second-order valence-corrected chi connectivity index (χ2v) is 9.30. The Bertz CT molecular complexity index is 1100. The first-order valence-corrected chi connectivity index (χ1v) is 12.3. The highest BCUT2D eigenvalue weighted by Gasteiger charge is 2.24. The summed E-state index contributed by atoms with van der Waals surface area (Å²) in [6.45, 7) is 11.8. The maximum Gasteiger partial charge on any atom is 0.160 e. The highest BCUT2D eigenvalue weighted by atomic mass is 35.5. The van der Waals surface area contributed by atoms with E-state index in [2.05, 4.69) is 54.8 Å². The van der Waals surface area contributed by atoms with Gasteiger partial charge in [-0.25, -0.2) is 9.97 Å². The molecule has 1 N–H and O–H groups in total. The molecule has 3 aromatic rings. The van der Waals surface area contributed by atoms with Gasteiger partial charge in [0.25, 0.3) is 0 Å². The Hall–Kier alpha value is -2.58. The van der Waals surface area contributed by atoms with E-state index in [1.807, 2.05) is 6.07 Å². The Kier molecular flexibility index (Phi) is 6.55. The lowest BCUT2D eigenvalue weighted by atomic mass is 10.1. The minimum Gasteiger partial charge on any atom is -0.492 e. The van der Waals surface area contributed by atoms with Crippen LogP contribution in [-0.4, -0.2) is 77.5 Å². The molecule has 33 heavy (non-hydrogen) atoms. The smallest absolute Gasteiger partial charge is 0.160 e. The minimum atomic E-state index is 0.697. The van der Waals surface area contributed by atoms with Crippen LogP contribution in [0.25, 0.3) is 11.0 Å². The third-order valence-corrected chi connectivity index (χ3v) is 7.05. The molecule has 0 unspecified atom stereocenters. The summed E-state index contributed by atoms with van der Waals surface area (Å²) in [7, 11) is 0. The minimum absolute atomic E-state index is 0.697. The summed E-state index contributed by atoms with van der Waals surface area (Å²) in [5, 5.41) is 9.22. The number of hydrogen-bond acceptors (Lipinski definition) is 7. The molecule has 0 amide bonds. The van der Waals surface area contributed by atoms with Gasteiger partial charge in [-0.15, -0.1) is 0 Å². The van der Waals surface area contributed by atoms with Crippen molar-refractivity contribution >= 4 is 34.1 Å². The van der Waals surface area contributed by atoms with Crippen LogP contribution in [0, 0.1) is 6.92 Å². The van der Waals surface area contributed by atoms with E-state index in [4.69, 9.17) is 16.3 Å². The number of aromatic amines is 1. The molecule has 0 bridgehead atoms. The topological polar surface area (TPSA) is 73.4 Å². The van der Waals surface area contributed by atoms with Crippen LogP contribution in [0.2, 0.25) is 5.02 Å². The zero-order valence-electron chi connectivity index (χ0n) is 19.5. The van der Waals surface area contributed by atoms with E-state index in [-0.39, 0.29) is 0 Å². The van der Waals surface area contributed by atoms with E-state index in [0.717, 1.165) is 83.7 Å². The molecular formula is C24H32ClN7O. The number of fused-ring (bicyclic) bond motifs is 1. The second-order valence-electron chi connectivity index (χ2n) is 8.86. The SMILES string of the molecule is CCc1n[nH]c2ncnc(N3CCN(c4cc(Cl)cc(OCCN5CCCC5)c4C)CC3)c12. The molecule has 9 heteroatoms. The van der Waals surface area contributed by atoms with Crippen molar-refractivity contribution in [1.29, 1.82) is 0 Å². The number of aryl methyl sites for hydroxylation is 1. The Morgan fingerprint density at radius 1 is 1.03 bits per heavy atom. The fourth-order valence-electron chi connectivity index (χ4n) is 4.97. The first kappa shape index (κ1) is 22.2. The molecule has 1 aromatic carbocycles. The van der Waals surface area contributed by atoms with E-state index in [0.29, 0.717) is 6.61 Å². The number of H-pyrrole nitrogens is 1. The molecule has 0 saturated carbocycles. The van der Waals surface area contributed by atoms with Gasteiger partial charge in [-0.05, 0) is 51.4 Å². The highest BCUT2D eigenvalue weighted by Crippen LogP contribution is 2.34. The quantitative estimate of drug-likeness (QED) is 0.565. The molecule has 0 aliphatic carbocycles. The predicted octanol–water partition coefficient (Wildman–Crippen LogP) is 3.68. The average Bonchev–Trinajstić information content (AvgIpc) is 3.51. The van der Waals surface area contributed by atoms with Gasteiger partial charge in [0.05, 0.1) is 11.1 Å². The summed E-state index contributed by atoms with van der Waals surface area (Å²) in [5.41, 5.74) is 4.13. The number of ether oxygens (including phenoxy) is 1. The molecule has 2 fully saturated rings. The van der Waals surface area contributed by atoms with Crippen LogP contribution in [0.1, 0.15) is 31.0 Å². The number of halogens is 1. The predicted molar refractivity (Wildman–Crippen MR) is 133 cm³/mol. The van der Waals surface area contributed by atoms with Gasteiger partial charge < -0.3 is 14.5 Å². The van der Waals surface area contributed by atoms with Crippen LogP contribution >= 0.6 is 11.6 Å². The summed E-state index contributed by atoms with van der Waals surface area (Å²) in [6.07, 6.45) is 5.07. The Labute approximate surface area is 199 Å². The maximum atomic E-state index is 6.50. The Balaban J connectivity index is 1.28. The van der Waals surface area contributed by atoms with Crippen molar-refractivity contribution in [2.75, 3.05) is 62.2 Å². The van der Waals surface area contributed by atoms with Gasteiger partial charge in [-0.2, -0.15) is 5.10 Å². The van der Waals surface area contributed by atoms with E-state index in [1.165, 1.54) is 25.9 Å².